The summed E-state index contributed by atoms with van der Waals surface area (Å²) in [4.78, 5) is 0. The van der Waals surface area contributed by atoms with Crippen LogP contribution in [-0.2, 0) is 0 Å². The Labute approximate surface area is 90.4 Å². The van der Waals surface area contributed by atoms with E-state index in [-0.39, 0.29) is 12.6 Å². The van der Waals surface area contributed by atoms with Gasteiger partial charge in [-0.15, -0.1) is 0 Å². The van der Waals surface area contributed by atoms with Crippen LogP contribution in [0.15, 0.2) is 18.2 Å². The smallest absolute Gasteiger partial charge is 0.121 e. The third kappa shape index (κ3) is 3.35. The van der Waals surface area contributed by atoms with Crippen molar-refractivity contribution < 1.29 is 5.11 Å². The van der Waals surface area contributed by atoms with Crippen molar-refractivity contribution >= 4 is 0 Å². The molecule has 0 aromatic heterocycles. The summed E-state index contributed by atoms with van der Waals surface area (Å²) < 4.78 is 0. The first kappa shape index (κ1) is 11.7. The van der Waals surface area contributed by atoms with Crippen LogP contribution in [0.2, 0.25) is 0 Å². The summed E-state index contributed by atoms with van der Waals surface area (Å²) in [5.41, 5.74) is 3.26. The molecule has 1 aromatic rings. The van der Waals surface area contributed by atoms with Gasteiger partial charge in [-0.1, -0.05) is 29.3 Å². The molecule has 0 amide bonds. The highest BCUT2D eigenvalue weighted by atomic mass is 16.3. The van der Waals surface area contributed by atoms with Crippen molar-refractivity contribution in [3.8, 4) is 6.07 Å². The number of nitriles is 1. The maximum absolute atomic E-state index is 8.99. The zero-order valence-corrected chi connectivity index (χ0v) is 9.12. The van der Waals surface area contributed by atoms with E-state index in [1.165, 1.54) is 0 Å². The number of aliphatic hydroxyl groups excluding tert-OH is 1. The number of benzene rings is 1. The topological polar surface area (TPSA) is 56.0 Å². The summed E-state index contributed by atoms with van der Waals surface area (Å²) in [5.74, 6) is 0. The molecular formula is C12H16N2O. The number of rotatable bonds is 4. The first-order valence-electron chi connectivity index (χ1n) is 4.99. The van der Waals surface area contributed by atoms with Gasteiger partial charge in [-0.2, -0.15) is 5.26 Å². The molecule has 0 spiro atoms. The fraction of sp³-hybridized carbons (Fsp3) is 0.417. The van der Waals surface area contributed by atoms with E-state index in [0.29, 0.717) is 6.54 Å². The Balaban J connectivity index is 2.87. The number of nitrogens with one attached hydrogen (secondary N) is 1. The lowest BCUT2D eigenvalue weighted by Crippen LogP contribution is -2.23. The van der Waals surface area contributed by atoms with Gasteiger partial charge in [0.1, 0.15) is 6.04 Å². The highest BCUT2D eigenvalue weighted by molar-refractivity contribution is 5.33. The van der Waals surface area contributed by atoms with Gasteiger partial charge >= 0.3 is 0 Å². The molecule has 0 aliphatic heterocycles. The maximum Gasteiger partial charge on any atom is 0.121 e. The first-order valence-corrected chi connectivity index (χ1v) is 4.99. The van der Waals surface area contributed by atoms with E-state index >= 15 is 0 Å². The van der Waals surface area contributed by atoms with Crippen molar-refractivity contribution in [3.05, 3.63) is 34.9 Å². The number of nitrogens with zero attached hydrogens (tertiary/aromatic N) is 1. The predicted octanol–water partition coefficient (Wildman–Crippen LogP) is 1.45. The monoisotopic (exact) mass is 204 g/mol. The van der Waals surface area contributed by atoms with Gasteiger partial charge in [0.05, 0.1) is 12.7 Å². The molecule has 0 radical (unpaired) electrons. The zero-order chi connectivity index (χ0) is 11.3. The summed E-state index contributed by atoms with van der Waals surface area (Å²) in [7, 11) is 0. The van der Waals surface area contributed by atoms with Crippen molar-refractivity contribution in [3.63, 3.8) is 0 Å². The Morgan fingerprint density at radius 1 is 1.33 bits per heavy atom. The lowest BCUT2D eigenvalue weighted by Gasteiger charge is -2.12. The highest BCUT2D eigenvalue weighted by Crippen LogP contribution is 2.16. The third-order valence-corrected chi connectivity index (χ3v) is 2.17. The highest BCUT2D eigenvalue weighted by Gasteiger charge is 2.09. The predicted molar refractivity (Wildman–Crippen MR) is 59.4 cm³/mol. The van der Waals surface area contributed by atoms with E-state index in [1.54, 1.807) is 0 Å². The van der Waals surface area contributed by atoms with Crippen molar-refractivity contribution in [1.82, 2.24) is 5.32 Å². The van der Waals surface area contributed by atoms with Gasteiger partial charge in [-0.05, 0) is 19.4 Å². The summed E-state index contributed by atoms with van der Waals surface area (Å²) in [6.07, 6.45) is 0. The van der Waals surface area contributed by atoms with Crippen LogP contribution in [0.3, 0.4) is 0 Å². The van der Waals surface area contributed by atoms with E-state index < -0.39 is 0 Å². The minimum Gasteiger partial charge on any atom is -0.395 e. The average molecular weight is 204 g/mol. The van der Waals surface area contributed by atoms with Gasteiger partial charge < -0.3 is 5.11 Å². The van der Waals surface area contributed by atoms with Crippen molar-refractivity contribution in [2.45, 2.75) is 19.9 Å². The largest absolute Gasteiger partial charge is 0.395 e. The molecule has 15 heavy (non-hydrogen) atoms. The van der Waals surface area contributed by atoms with Crippen LogP contribution in [0.5, 0.6) is 0 Å². The van der Waals surface area contributed by atoms with Gasteiger partial charge in [-0.3, -0.25) is 5.32 Å². The second-order valence-electron chi connectivity index (χ2n) is 3.66. The molecule has 3 nitrogen and oxygen atoms in total. The van der Waals surface area contributed by atoms with Gasteiger partial charge in [-0.25, -0.2) is 0 Å². The van der Waals surface area contributed by atoms with Gasteiger partial charge in [0.15, 0.2) is 0 Å². The lowest BCUT2D eigenvalue weighted by molar-refractivity contribution is 0.289. The molecule has 0 saturated heterocycles. The van der Waals surface area contributed by atoms with E-state index in [9.17, 15) is 0 Å². The van der Waals surface area contributed by atoms with Crippen LogP contribution < -0.4 is 5.32 Å². The van der Waals surface area contributed by atoms with Crippen LogP contribution in [0, 0.1) is 25.2 Å². The Bertz CT molecular complexity index is 348. The standard InChI is InChI=1S/C12H16N2O/c1-9-5-10(2)7-11(6-9)12(8-13)14-3-4-15/h5-7,12,14-15H,3-4H2,1-2H3. The Hall–Kier alpha value is -1.37. The third-order valence-electron chi connectivity index (χ3n) is 2.17. The molecule has 80 valence electrons. The lowest BCUT2D eigenvalue weighted by atomic mass is 10.0. The van der Waals surface area contributed by atoms with Gasteiger partial charge in [0.2, 0.25) is 0 Å². The molecule has 1 atom stereocenters. The molecule has 0 bridgehead atoms. The minimum absolute atomic E-state index is 0.0446. The number of hydrogen-bond donors (Lipinski definition) is 2. The van der Waals surface area contributed by atoms with E-state index in [2.05, 4.69) is 17.5 Å². The normalized spacial score (nSPS) is 12.1. The fourth-order valence-electron chi connectivity index (χ4n) is 1.62. The Kier molecular flexibility index (Phi) is 4.29. The van der Waals surface area contributed by atoms with Crippen molar-refractivity contribution in [1.29, 1.82) is 5.26 Å². The van der Waals surface area contributed by atoms with Crippen LogP contribution in [-0.4, -0.2) is 18.3 Å². The van der Waals surface area contributed by atoms with Crippen LogP contribution in [0.4, 0.5) is 0 Å². The average Bonchev–Trinajstić information content (AvgIpc) is 2.17. The maximum atomic E-state index is 8.99. The molecule has 3 heteroatoms. The molecule has 0 aliphatic rings. The first-order chi connectivity index (χ1) is 7.17. The number of aryl methyl sites for hydroxylation is 2. The zero-order valence-electron chi connectivity index (χ0n) is 9.12. The molecular weight excluding hydrogens is 188 g/mol. The molecule has 0 fully saturated rings. The van der Waals surface area contributed by atoms with Crippen LogP contribution in [0.1, 0.15) is 22.7 Å². The Morgan fingerprint density at radius 2 is 1.93 bits per heavy atom. The molecule has 0 saturated carbocycles. The quantitative estimate of drug-likeness (QED) is 0.780. The van der Waals surface area contributed by atoms with Crippen LogP contribution >= 0.6 is 0 Å². The van der Waals surface area contributed by atoms with E-state index in [1.807, 2.05) is 26.0 Å². The summed E-state index contributed by atoms with van der Waals surface area (Å²) in [6.45, 7) is 4.50. The molecule has 0 heterocycles. The van der Waals surface area contributed by atoms with E-state index in [0.717, 1.165) is 16.7 Å². The summed E-state index contributed by atoms with van der Waals surface area (Å²) in [6, 6.07) is 7.90. The number of aliphatic hydroxyl groups is 1. The Morgan fingerprint density at radius 3 is 2.40 bits per heavy atom. The summed E-state index contributed by atoms with van der Waals surface area (Å²) in [5, 5.41) is 20.7. The fourth-order valence-corrected chi connectivity index (χ4v) is 1.62. The minimum atomic E-state index is -0.337. The van der Waals surface area contributed by atoms with Gasteiger partial charge in [0, 0.05) is 6.54 Å². The SMILES string of the molecule is Cc1cc(C)cc(C(C#N)NCCO)c1. The van der Waals surface area contributed by atoms with Crippen molar-refractivity contribution in [2.75, 3.05) is 13.2 Å². The van der Waals surface area contributed by atoms with Crippen molar-refractivity contribution in [2.24, 2.45) is 0 Å². The second kappa shape index (κ2) is 5.50. The molecule has 2 N–H and O–H groups in total. The van der Waals surface area contributed by atoms with Crippen LogP contribution in [0.25, 0.3) is 0 Å². The molecule has 0 aliphatic carbocycles. The second-order valence-corrected chi connectivity index (χ2v) is 3.66. The summed E-state index contributed by atoms with van der Waals surface area (Å²) >= 11 is 0. The molecule has 1 unspecified atom stereocenters. The molecule has 1 rings (SSSR count). The number of hydrogen-bond acceptors (Lipinski definition) is 3. The van der Waals surface area contributed by atoms with Gasteiger partial charge in [0.25, 0.3) is 0 Å². The van der Waals surface area contributed by atoms with E-state index in [4.69, 9.17) is 10.4 Å². The molecule has 1 aromatic carbocycles.